The Bertz CT molecular complexity index is 360. The number of aryl methyl sites for hydroxylation is 1. The molecule has 0 spiro atoms. The SMILES string of the molecule is NCCCCc1cccc(N2C=NCC2)c1. The normalized spacial score (nSPS) is 14.7. The highest BCUT2D eigenvalue weighted by Crippen LogP contribution is 2.17. The van der Waals surface area contributed by atoms with E-state index in [0.717, 1.165) is 32.5 Å². The lowest BCUT2D eigenvalue weighted by Crippen LogP contribution is -2.18. The Kier molecular flexibility index (Phi) is 3.94. The van der Waals surface area contributed by atoms with Gasteiger partial charge in [0.2, 0.25) is 0 Å². The summed E-state index contributed by atoms with van der Waals surface area (Å²) in [5.74, 6) is 0. The third kappa shape index (κ3) is 2.83. The van der Waals surface area contributed by atoms with Gasteiger partial charge in [0.1, 0.15) is 0 Å². The highest BCUT2D eigenvalue weighted by Gasteiger charge is 2.07. The molecule has 3 heteroatoms. The zero-order valence-corrected chi connectivity index (χ0v) is 9.60. The van der Waals surface area contributed by atoms with Crippen LogP contribution in [0.1, 0.15) is 18.4 Å². The lowest BCUT2D eigenvalue weighted by Gasteiger charge is -2.14. The van der Waals surface area contributed by atoms with Crippen molar-refractivity contribution in [1.82, 2.24) is 0 Å². The van der Waals surface area contributed by atoms with Gasteiger partial charge in [-0.05, 0) is 43.5 Å². The summed E-state index contributed by atoms with van der Waals surface area (Å²) < 4.78 is 0. The van der Waals surface area contributed by atoms with Crippen LogP contribution in [0.3, 0.4) is 0 Å². The molecule has 0 saturated carbocycles. The van der Waals surface area contributed by atoms with Crippen LogP contribution >= 0.6 is 0 Å². The molecule has 0 amide bonds. The molecule has 86 valence electrons. The van der Waals surface area contributed by atoms with Gasteiger partial charge in [0.05, 0.1) is 12.9 Å². The van der Waals surface area contributed by atoms with Crippen molar-refractivity contribution in [3.63, 3.8) is 0 Å². The van der Waals surface area contributed by atoms with Gasteiger partial charge in [-0.1, -0.05) is 12.1 Å². The van der Waals surface area contributed by atoms with Crippen LogP contribution in [-0.4, -0.2) is 26.0 Å². The molecular weight excluding hydrogens is 198 g/mol. The Labute approximate surface area is 97.0 Å². The molecule has 2 rings (SSSR count). The first kappa shape index (κ1) is 11.1. The Morgan fingerprint density at radius 3 is 3.00 bits per heavy atom. The van der Waals surface area contributed by atoms with E-state index >= 15 is 0 Å². The van der Waals surface area contributed by atoms with Crippen molar-refractivity contribution >= 4 is 12.0 Å². The van der Waals surface area contributed by atoms with E-state index < -0.39 is 0 Å². The Morgan fingerprint density at radius 1 is 1.31 bits per heavy atom. The lowest BCUT2D eigenvalue weighted by atomic mass is 10.1. The zero-order chi connectivity index (χ0) is 11.2. The van der Waals surface area contributed by atoms with Gasteiger partial charge in [0, 0.05) is 12.2 Å². The molecule has 0 bridgehead atoms. The van der Waals surface area contributed by atoms with Gasteiger partial charge in [-0.25, -0.2) is 0 Å². The number of rotatable bonds is 5. The molecule has 16 heavy (non-hydrogen) atoms. The second kappa shape index (κ2) is 5.66. The van der Waals surface area contributed by atoms with E-state index in [0.29, 0.717) is 0 Å². The van der Waals surface area contributed by atoms with Crippen LogP contribution in [0.15, 0.2) is 29.3 Å². The highest BCUT2D eigenvalue weighted by molar-refractivity contribution is 5.81. The van der Waals surface area contributed by atoms with Crippen molar-refractivity contribution in [2.45, 2.75) is 19.3 Å². The average molecular weight is 217 g/mol. The number of aliphatic imine (C=N–C) groups is 1. The van der Waals surface area contributed by atoms with Crippen LogP contribution < -0.4 is 10.6 Å². The fourth-order valence-electron chi connectivity index (χ4n) is 1.94. The minimum atomic E-state index is 0.790. The van der Waals surface area contributed by atoms with E-state index in [9.17, 15) is 0 Å². The van der Waals surface area contributed by atoms with Crippen LogP contribution in [0.5, 0.6) is 0 Å². The van der Waals surface area contributed by atoms with E-state index in [1.165, 1.54) is 17.7 Å². The fourth-order valence-corrected chi connectivity index (χ4v) is 1.94. The predicted molar refractivity (Wildman–Crippen MR) is 69.1 cm³/mol. The molecule has 0 fully saturated rings. The van der Waals surface area contributed by atoms with Crippen LogP contribution in [0.25, 0.3) is 0 Å². The maximum Gasteiger partial charge on any atom is 0.0895 e. The molecule has 3 nitrogen and oxygen atoms in total. The number of benzene rings is 1. The van der Waals surface area contributed by atoms with Crippen molar-refractivity contribution in [3.05, 3.63) is 29.8 Å². The zero-order valence-electron chi connectivity index (χ0n) is 9.60. The molecule has 1 aliphatic heterocycles. The Morgan fingerprint density at radius 2 is 2.25 bits per heavy atom. The predicted octanol–water partition coefficient (Wildman–Crippen LogP) is 1.82. The first-order valence-corrected chi connectivity index (χ1v) is 5.96. The van der Waals surface area contributed by atoms with E-state index in [-0.39, 0.29) is 0 Å². The van der Waals surface area contributed by atoms with Crippen molar-refractivity contribution in [2.24, 2.45) is 10.7 Å². The smallest absolute Gasteiger partial charge is 0.0895 e. The standard InChI is InChI=1S/C13H19N3/c14-7-2-1-4-12-5-3-6-13(10-12)16-9-8-15-11-16/h3,5-6,10-11H,1-2,4,7-9,14H2. The van der Waals surface area contributed by atoms with E-state index in [1.54, 1.807) is 0 Å². The third-order valence-electron chi connectivity index (χ3n) is 2.85. The summed E-state index contributed by atoms with van der Waals surface area (Å²) in [4.78, 5) is 6.43. The summed E-state index contributed by atoms with van der Waals surface area (Å²) >= 11 is 0. The maximum atomic E-state index is 5.50. The van der Waals surface area contributed by atoms with Crippen molar-refractivity contribution in [2.75, 3.05) is 24.5 Å². The maximum absolute atomic E-state index is 5.50. The summed E-state index contributed by atoms with van der Waals surface area (Å²) in [6, 6.07) is 8.71. The number of anilines is 1. The largest absolute Gasteiger partial charge is 0.331 e. The van der Waals surface area contributed by atoms with Gasteiger partial charge < -0.3 is 10.6 Å². The molecule has 0 aromatic heterocycles. The van der Waals surface area contributed by atoms with Gasteiger partial charge in [0.25, 0.3) is 0 Å². The fraction of sp³-hybridized carbons (Fsp3) is 0.462. The van der Waals surface area contributed by atoms with Gasteiger partial charge in [-0.3, -0.25) is 4.99 Å². The Balaban J connectivity index is 1.98. The number of nitrogens with zero attached hydrogens (tertiary/aromatic N) is 2. The van der Waals surface area contributed by atoms with Crippen molar-refractivity contribution in [1.29, 1.82) is 0 Å². The van der Waals surface area contributed by atoms with Crippen LogP contribution in [0.2, 0.25) is 0 Å². The molecule has 0 saturated heterocycles. The summed E-state index contributed by atoms with van der Waals surface area (Å²) in [5, 5.41) is 0. The molecule has 0 atom stereocenters. The molecule has 1 aliphatic rings. The minimum Gasteiger partial charge on any atom is -0.331 e. The summed E-state index contributed by atoms with van der Waals surface area (Å²) in [7, 11) is 0. The summed E-state index contributed by atoms with van der Waals surface area (Å²) in [5.41, 5.74) is 8.15. The van der Waals surface area contributed by atoms with Gasteiger partial charge in [-0.15, -0.1) is 0 Å². The average Bonchev–Trinajstić information content (AvgIpc) is 2.83. The molecule has 0 unspecified atom stereocenters. The first-order chi connectivity index (χ1) is 7.90. The minimum absolute atomic E-state index is 0.790. The van der Waals surface area contributed by atoms with Crippen molar-refractivity contribution < 1.29 is 0 Å². The van der Waals surface area contributed by atoms with Crippen LogP contribution in [-0.2, 0) is 6.42 Å². The quantitative estimate of drug-likeness (QED) is 0.764. The van der Waals surface area contributed by atoms with Crippen LogP contribution in [0.4, 0.5) is 5.69 Å². The lowest BCUT2D eigenvalue weighted by molar-refractivity contribution is 0.745. The Hall–Kier alpha value is -1.35. The number of nitrogens with two attached hydrogens (primary N) is 1. The molecule has 1 aromatic carbocycles. The van der Waals surface area contributed by atoms with E-state index in [4.69, 9.17) is 5.73 Å². The number of hydrogen-bond donors (Lipinski definition) is 1. The monoisotopic (exact) mass is 217 g/mol. The topological polar surface area (TPSA) is 41.6 Å². The molecule has 1 aromatic rings. The van der Waals surface area contributed by atoms with Crippen LogP contribution in [0, 0.1) is 0 Å². The number of hydrogen-bond acceptors (Lipinski definition) is 3. The third-order valence-corrected chi connectivity index (χ3v) is 2.85. The van der Waals surface area contributed by atoms with Gasteiger partial charge in [-0.2, -0.15) is 0 Å². The second-order valence-electron chi connectivity index (χ2n) is 4.13. The number of unbranched alkanes of at least 4 members (excludes halogenated alkanes) is 1. The van der Waals surface area contributed by atoms with Gasteiger partial charge >= 0.3 is 0 Å². The van der Waals surface area contributed by atoms with Crippen molar-refractivity contribution in [3.8, 4) is 0 Å². The van der Waals surface area contributed by atoms with E-state index in [2.05, 4.69) is 34.2 Å². The molecule has 0 radical (unpaired) electrons. The van der Waals surface area contributed by atoms with E-state index in [1.807, 2.05) is 6.34 Å². The molecule has 1 heterocycles. The summed E-state index contributed by atoms with van der Waals surface area (Å²) in [6.07, 6.45) is 5.33. The first-order valence-electron chi connectivity index (χ1n) is 5.96. The van der Waals surface area contributed by atoms with Gasteiger partial charge in [0.15, 0.2) is 0 Å². The molecular formula is C13H19N3. The molecule has 0 aliphatic carbocycles. The molecule has 2 N–H and O–H groups in total. The summed E-state index contributed by atoms with van der Waals surface area (Å²) in [6.45, 7) is 2.71. The highest BCUT2D eigenvalue weighted by atomic mass is 15.2. The second-order valence-corrected chi connectivity index (χ2v) is 4.13.